The van der Waals surface area contributed by atoms with E-state index in [4.69, 9.17) is 21.4 Å². The van der Waals surface area contributed by atoms with Crippen LogP contribution in [0, 0.1) is 5.82 Å². The van der Waals surface area contributed by atoms with E-state index in [9.17, 15) is 4.39 Å². The molecule has 0 aliphatic carbocycles. The Labute approximate surface area is 123 Å². The zero-order valence-corrected chi connectivity index (χ0v) is 12.2. The lowest BCUT2D eigenvalue weighted by molar-refractivity contribution is 0.277. The molecule has 0 amide bonds. The van der Waals surface area contributed by atoms with E-state index in [-0.39, 0.29) is 18.2 Å². The van der Waals surface area contributed by atoms with Gasteiger partial charge < -0.3 is 9.84 Å². The molecule has 0 aliphatic heterocycles. The molecule has 5 heteroatoms. The molecule has 0 heterocycles. The number of hydrogen-bond donors (Lipinski definition) is 1. The molecule has 1 N–H and O–H groups in total. The van der Waals surface area contributed by atoms with Gasteiger partial charge >= 0.3 is 0 Å². The summed E-state index contributed by atoms with van der Waals surface area (Å²) in [5.74, 6) is 0.185. The van der Waals surface area contributed by atoms with E-state index in [1.54, 1.807) is 24.3 Å². The number of aliphatic hydroxyl groups excluding tert-OH is 1. The van der Waals surface area contributed by atoms with Gasteiger partial charge in [0.1, 0.15) is 18.2 Å². The summed E-state index contributed by atoms with van der Waals surface area (Å²) in [5, 5.41) is 9.23. The second-order valence-electron chi connectivity index (χ2n) is 3.95. The molecule has 2 aromatic rings. The molecule has 2 aromatic carbocycles. The molecule has 100 valence electrons. The first-order valence-corrected chi connectivity index (χ1v) is 6.73. The summed E-state index contributed by atoms with van der Waals surface area (Å²) in [6, 6.07) is 9.79. The summed E-state index contributed by atoms with van der Waals surface area (Å²) in [7, 11) is 0. The topological polar surface area (TPSA) is 29.5 Å². The van der Waals surface area contributed by atoms with Crippen molar-refractivity contribution in [2.24, 2.45) is 0 Å². The molecule has 0 bridgehead atoms. The number of aliphatic hydroxyl groups is 1. The Hall–Kier alpha value is -1.10. The SMILES string of the molecule is OCc1cc(OCc2ccc(F)c(Cl)c2)ccc1Br. The van der Waals surface area contributed by atoms with Crippen molar-refractivity contribution in [3.8, 4) is 5.75 Å². The van der Waals surface area contributed by atoms with Gasteiger partial charge in [-0.2, -0.15) is 0 Å². The van der Waals surface area contributed by atoms with Crippen LogP contribution in [0.5, 0.6) is 5.75 Å². The van der Waals surface area contributed by atoms with Crippen molar-refractivity contribution < 1.29 is 14.2 Å². The quantitative estimate of drug-likeness (QED) is 0.894. The van der Waals surface area contributed by atoms with Gasteiger partial charge in [0.2, 0.25) is 0 Å². The second-order valence-corrected chi connectivity index (χ2v) is 5.21. The van der Waals surface area contributed by atoms with Crippen molar-refractivity contribution >= 4 is 27.5 Å². The Morgan fingerprint density at radius 1 is 1.21 bits per heavy atom. The van der Waals surface area contributed by atoms with Crippen molar-refractivity contribution in [1.29, 1.82) is 0 Å². The zero-order valence-electron chi connectivity index (χ0n) is 9.87. The first-order chi connectivity index (χ1) is 9.10. The largest absolute Gasteiger partial charge is 0.489 e. The fourth-order valence-electron chi connectivity index (χ4n) is 1.56. The number of hydrogen-bond acceptors (Lipinski definition) is 2. The molecular weight excluding hydrogens is 335 g/mol. The van der Waals surface area contributed by atoms with Gasteiger partial charge in [0.25, 0.3) is 0 Å². The number of ether oxygens (including phenoxy) is 1. The van der Waals surface area contributed by atoms with Crippen molar-refractivity contribution in [3.05, 3.63) is 62.8 Å². The molecule has 0 atom stereocenters. The molecule has 0 saturated heterocycles. The molecule has 0 fully saturated rings. The van der Waals surface area contributed by atoms with E-state index in [0.717, 1.165) is 15.6 Å². The lowest BCUT2D eigenvalue weighted by Gasteiger charge is -2.09. The highest BCUT2D eigenvalue weighted by molar-refractivity contribution is 9.10. The zero-order chi connectivity index (χ0) is 13.8. The number of benzene rings is 2. The Kier molecular flexibility index (Phi) is 4.80. The molecule has 0 aliphatic rings. The monoisotopic (exact) mass is 344 g/mol. The smallest absolute Gasteiger partial charge is 0.141 e. The summed E-state index contributed by atoms with van der Waals surface area (Å²) in [5.41, 5.74) is 1.52. The van der Waals surface area contributed by atoms with Crippen LogP contribution in [0.1, 0.15) is 11.1 Å². The van der Waals surface area contributed by atoms with Crippen molar-refractivity contribution in [1.82, 2.24) is 0 Å². The van der Waals surface area contributed by atoms with Crippen LogP contribution in [0.3, 0.4) is 0 Å². The van der Waals surface area contributed by atoms with E-state index in [2.05, 4.69) is 15.9 Å². The maximum absolute atomic E-state index is 13.0. The van der Waals surface area contributed by atoms with Gasteiger partial charge in [-0.15, -0.1) is 0 Å². The normalized spacial score (nSPS) is 10.5. The van der Waals surface area contributed by atoms with Crippen LogP contribution >= 0.6 is 27.5 Å². The summed E-state index contributed by atoms with van der Waals surface area (Å²) < 4.78 is 19.4. The van der Waals surface area contributed by atoms with Crippen LogP contribution in [0.4, 0.5) is 4.39 Å². The van der Waals surface area contributed by atoms with E-state index in [0.29, 0.717) is 5.75 Å². The Balaban J connectivity index is 2.07. The van der Waals surface area contributed by atoms with Crippen LogP contribution in [-0.4, -0.2) is 5.11 Å². The lowest BCUT2D eigenvalue weighted by atomic mass is 10.2. The molecule has 0 aromatic heterocycles. The molecule has 0 saturated carbocycles. The van der Waals surface area contributed by atoms with Gasteiger partial charge in [-0.25, -0.2) is 4.39 Å². The summed E-state index contributed by atoms with van der Waals surface area (Å²) in [6.07, 6.45) is 0. The fourth-order valence-corrected chi connectivity index (χ4v) is 2.13. The highest BCUT2D eigenvalue weighted by Gasteiger charge is 2.04. The highest BCUT2D eigenvalue weighted by Crippen LogP contribution is 2.24. The van der Waals surface area contributed by atoms with Crippen LogP contribution in [0.2, 0.25) is 5.02 Å². The maximum atomic E-state index is 13.0. The van der Waals surface area contributed by atoms with Crippen LogP contribution in [0.25, 0.3) is 0 Å². The summed E-state index contributed by atoms with van der Waals surface area (Å²) >= 11 is 9.02. The molecule has 19 heavy (non-hydrogen) atoms. The molecule has 2 rings (SSSR count). The Bertz CT molecular complexity index is 590. The third-order valence-corrected chi connectivity index (χ3v) is 3.64. The number of rotatable bonds is 4. The van der Waals surface area contributed by atoms with Gasteiger partial charge in [-0.3, -0.25) is 0 Å². The van der Waals surface area contributed by atoms with Gasteiger partial charge in [0.15, 0.2) is 0 Å². The third kappa shape index (κ3) is 3.69. The van der Waals surface area contributed by atoms with Crippen molar-refractivity contribution in [3.63, 3.8) is 0 Å². The molecular formula is C14H11BrClFO2. The summed E-state index contributed by atoms with van der Waals surface area (Å²) in [4.78, 5) is 0. The first kappa shape index (κ1) is 14.3. The first-order valence-electron chi connectivity index (χ1n) is 5.56. The number of halogens is 3. The van der Waals surface area contributed by atoms with Gasteiger partial charge in [-0.1, -0.05) is 33.6 Å². The fraction of sp³-hybridized carbons (Fsp3) is 0.143. The van der Waals surface area contributed by atoms with E-state index in [1.807, 2.05) is 0 Å². The van der Waals surface area contributed by atoms with E-state index < -0.39 is 5.82 Å². The third-order valence-electron chi connectivity index (χ3n) is 2.58. The van der Waals surface area contributed by atoms with Crippen LogP contribution in [-0.2, 0) is 13.2 Å². The van der Waals surface area contributed by atoms with Gasteiger partial charge in [-0.05, 0) is 41.5 Å². The predicted molar refractivity (Wildman–Crippen MR) is 75.8 cm³/mol. The minimum atomic E-state index is -0.448. The van der Waals surface area contributed by atoms with Crippen molar-refractivity contribution in [2.45, 2.75) is 13.2 Å². The van der Waals surface area contributed by atoms with Crippen LogP contribution < -0.4 is 4.74 Å². The molecule has 2 nitrogen and oxygen atoms in total. The van der Waals surface area contributed by atoms with Gasteiger partial charge in [0.05, 0.1) is 11.6 Å². The molecule has 0 spiro atoms. The molecule has 0 unspecified atom stereocenters. The minimum absolute atomic E-state index is 0.0693. The average Bonchev–Trinajstić information content (AvgIpc) is 2.41. The second kappa shape index (κ2) is 6.37. The highest BCUT2D eigenvalue weighted by atomic mass is 79.9. The van der Waals surface area contributed by atoms with E-state index in [1.165, 1.54) is 12.1 Å². The van der Waals surface area contributed by atoms with Crippen molar-refractivity contribution in [2.75, 3.05) is 0 Å². The Morgan fingerprint density at radius 2 is 2.00 bits per heavy atom. The molecule has 0 radical (unpaired) electrons. The predicted octanol–water partition coefficient (Wildman–Crippen LogP) is 4.31. The van der Waals surface area contributed by atoms with E-state index >= 15 is 0 Å². The van der Waals surface area contributed by atoms with Crippen LogP contribution in [0.15, 0.2) is 40.9 Å². The summed E-state index contributed by atoms with van der Waals surface area (Å²) in [6.45, 7) is 0.215. The average molecular weight is 346 g/mol. The van der Waals surface area contributed by atoms with Gasteiger partial charge in [0, 0.05) is 4.47 Å². The maximum Gasteiger partial charge on any atom is 0.141 e. The Morgan fingerprint density at radius 3 is 2.68 bits per heavy atom. The standard InChI is InChI=1S/C14H11BrClFO2/c15-12-3-2-11(6-10(12)7-18)19-8-9-1-4-14(17)13(16)5-9/h1-6,18H,7-8H2. The lowest BCUT2D eigenvalue weighted by Crippen LogP contribution is -1.97. The minimum Gasteiger partial charge on any atom is -0.489 e.